The van der Waals surface area contributed by atoms with Gasteiger partial charge >= 0.3 is 6.09 Å². The number of sulfonamides is 1. The molecule has 10 nitrogen and oxygen atoms in total. The lowest BCUT2D eigenvalue weighted by molar-refractivity contribution is 0.0876. The van der Waals surface area contributed by atoms with Crippen molar-refractivity contribution in [2.75, 3.05) is 18.8 Å². The topological polar surface area (TPSA) is 148 Å². The summed E-state index contributed by atoms with van der Waals surface area (Å²) in [5.74, 6) is -0.0142. The lowest BCUT2D eigenvalue weighted by Gasteiger charge is -2.30. The number of rotatable bonds is 12. The zero-order chi connectivity index (χ0) is 28.0. The smallest absolute Gasteiger partial charge is 0.407 e. The number of ether oxygens (including phenoxy) is 1. The van der Waals surface area contributed by atoms with E-state index in [0.717, 1.165) is 10.4 Å². The molecular formula is C26H31N5O5S3. The van der Waals surface area contributed by atoms with Gasteiger partial charge in [-0.25, -0.2) is 18.2 Å². The van der Waals surface area contributed by atoms with Gasteiger partial charge in [-0.05, 0) is 36.1 Å². The molecule has 2 heterocycles. The van der Waals surface area contributed by atoms with Crippen LogP contribution in [0.2, 0.25) is 0 Å². The highest BCUT2D eigenvalue weighted by atomic mass is 32.2. The number of aromatic nitrogens is 2. The monoisotopic (exact) mass is 589 g/mol. The predicted octanol–water partition coefficient (Wildman–Crippen LogP) is 3.88. The Morgan fingerprint density at radius 3 is 2.64 bits per heavy atom. The Morgan fingerprint density at radius 2 is 1.95 bits per heavy atom. The van der Waals surface area contributed by atoms with E-state index in [4.69, 9.17) is 10.5 Å². The van der Waals surface area contributed by atoms with Crippen LogP contribution in [-0.2, 0) is 27.8 Å². The summed E-state index contributed by atoms with van der Waals surface area (Å²) in [5, 5.41) is 14.4. The second kappa shape index (κ2) is 12.8. The van der Waals surface area contributed by atoms with Gasteiger partial charge in [0.1, 0.15) is 6.61 Å². The molecule has 2 aromatic carbocycles. The number of nitrogens with two attached hydrogens (primary N) is 1. The number of nitrogen functional groups attached to an aromatic ring is 1. The van der Waals surface area contributed by atoms with Crippen molar-refractivity contribution in [3.63, 3.8) is 0 Å². The molecule has 0 bridgehead atoms. The Bertz CT molecular complexity index is 1480. The van der Waals surface area contributed by atoms with Gasteiger partial charge in [0.25, 0.3) is 0 Å². The lowest BCUT2D eigenvalue weighted by atomic mass is 10.0. The summed E-state index contributed by atoms with van der Waals surface area (Å²) in [6.45, 7) is 3.80. The van der Waals surface area contributed by atoms with Gasteiger partial charge in [-0.1, -0.05) is 55.5 Å². The molecule has 4 aromatic rings. The molecule has 0 saturated heterocycles. The number of carbonyl (C=O) groups is 1. The van der Waals surface area contributed by atoms with E-state index < -0.39 is 28.3 Å². The van der Waals surface area contributed by atoms with E-state index in [2.05, 4.69) is 15.3 Å². The second-order valence-electron chi connectivity index (χ2n) is 9.45. The third-order valence-electron chi connectivity index (χ3n) is 5.87. The number of nitrogens with zero attached hydrogens (tertiary/aromatic N) is 3. The Labute approximate surface area is 235 Å². The van der Waals surface area contributed by atoms with Crippen LogP contribution in [0.5, 0.6) is 0 Å². The summed E-state index contributed by atoms with van der Waals surface area (Å²) in [4.78, 5) is 21.7. The fraction of sp³-hybridized carbons (Fsp3) is 0.346. The number of anilines is 1. The van der Waals surface area contributed by atoms with Gasteiger partial charge in [0.15, 0.2) is 5.13 Å². The van der Waals surface area contributed by atoms with E-state index >= 15 is 0 Å². The highest BCUT2D eigenvalue weighted by Gasteiger charge is 2.32. The van der Waals surface area contributed by atoms with E-state index in [9.17, 15) is 18.3 Å². The Kier molecular flexibility index (Phi) is 9.51. The molecule has 0 fully saturated rings. The van der Waals surface area contributed by atoms with Crippen molar-refractivity contribution >= 4 is 54.1 Å². The number of carbonyl (C=O) groups excluding carboxylic acids is 1. The number of aliphatic hydroxyl groups is 1. The number of fused-ring (bicyclic) bond motifs is 1. The number of hydrogen-bond acceptors (Lipinski definition) is 10. The number of amides is 1. The molecule has 4 rings (SSSR count). The summed E-state index contributed by atoms with van der Waals surface area (Å²) in [5.41, 5.74) is 8.93. The molecule has 0 aliphatic heterocycles. The van der Waals surface area contributed by atoms with E-state index in [1.54, 1.807) is 23.8 Å². The van der Waals surface area contributed by atoms with Crippen molar-refractivity contribution < 1.29 is 23.1 Å². The van der Waals surface area contributed by atoms with E-state index in [-0.39, 0.29) is 36.9 Å². The summed E-state index contributed by atoms with van der Waals surface area (Å²) in [7, 11) is -3.99. The number of aliphatic hydroxyl groups excluding tert-OH is 1. The minimum atomic E-state index is -3.99. The van der Waals surface area contributed by atoms with Crippen LogP contribution in [-0.4, -0.2) is 59.1 Å². The predicted molar refractivity (Wildman–Crippen MR) is 153 cm³/mol. The summed E-state index contributed by atoms with van der Waals surface area (Å²) >= 11 is 2.57. The normalized spacial score (nSPS) is 13.6. The van der Waals surface area contributed by atoms with Crippen LogP contribution < -0.4 is 11.1 Å². The third kappa shape index (κ3) is 7.73. The molecule has 2 aromatic heterocycles. The van der Waals surface area contributed by atoms with Gasteiger partial charge in [-0.2, -0.15) is 4.31 Å². The fourth-order valence-electron chi connectivity index (χ4n) is 4.04. The Morgan fingerprint density at radius 1 is 1.18 bits per heavy atom. The number of benzene rings is 2. The average Bonchev–Trinajstić information content (AvgIpc) is 3.55. The lowest BCUT2D eigenvalue weighted by Crippen LogP contribution is -2.51. The molecule has 0 aliphatic rings. The number of nitrogens with one attached hydrogen (secondary N) is 1. The largest absolute Gasteiger partial charge is 0.444 e. The van der Waals surface area contributed by atoms with Gasteiger partial charge in [0.2, 0.25) is 10.0 Å². The summed E-state index contributed by atoms with van der Waals surface area (Å²) < 4.78 is 34.7. The van der Waals surface area contributed by atoms with Crippen LogP contribution in [0.15, 0.2) is 65.1 Å². The molecule has 0 radical (unpaired) electrons. The number of thiazole rings is 2. The highest BCUT2D eigenvalue weighted by Crippen LogP contribution is 2.28. The molecule has 0 spiro atoms. The first-order valence-electron chi connectivity index (χ1n) is 12.3. The molecule has 2 atom stereocenters. The molecule has 39 heavy (non-hydrogen) atoms. The Hall–Kier alpha value is -3.10. The standard InChI is InChI=1S/C26H31N5O5S3/c1-17(2)13-31(39(34,35)20-8-9-21-24(11-20)38-25(27)29-21)14-23(32)22(10-18-6-4-3-5-7-18)30-26(33)36-15-19-12-28-16-37-19/h3-9,11-12,16-17,22-23,32H,10,13-15H2,1-2H3,(H2,27,29)(H,30,33). The van der Waals surface area contributed by atoms with Crippen molar-refractivity contribution in [3.8, 4) is 0 Å². The van der Waals surface area contributed by atoms with Crippen molar-refractivity contribution in [2.24, 2.45) is 5.92 Å². The first-order valence-corrected chi connectivity index (χ1v) is 15.4. The molecule has 2 unspecified atom stereocenters. The maximum Gasteiger partial charge on any atom is 0.407 e. The van der Waals surface area contributed by atoms with Crippen LogP contribution in [0.1, 0.15) is 24.3 Å². The SMILES string of the molecule is CC(C)CN(CC(O)C(Cc1ccccc1)NC(=O)OCc1cncs1)S(=O)(=O)c1ccc2nc(N)sc2c1. The molecular weight excluding hydrogens is 559 g/mol. The van der Waals surface area contributed by atoms with Crippen LogP contribution in [0.4, 0.5) is 9.93 Å². The molecule has 1 amide bonds. The maximum absolute atomic E-state index is 13.7. The van der Waals surface area contributed by atoms with Gasteiger partial charge in [0, 0.05) is 19.3 Å². The first kappa shape index (κ1) is 28.9. The van der Waals surface area contributed by atoms with Crippen LogP contribution in [0.3, 0.4) is 0 Å². The quantitative estimate of drug-likeness (QED) is 0.226. The van der Waals surface area contributed by atoms with Gasteiger partial charge in [-0.15, -0.1) is 11.3 Å². The minimum Gasteiger partial charge on any atom is -0.444 e. The van der Waals surface area contributed by atoms with Crippen molar-refractivity contribution in [1.29, 1.82) is 0 Å². The highest BCUT2D eigenvalue weighted by molar-refractivity contribution is 7.89. The summed E-state index contributed by atoms with van der Waals surface area (Å²) in [6.07, 6.45) is -0.0486. The van der Waals surface area contributed by atoms with E-state index in [1.165, 1.54) is 33.0 Å². The number of alkyl carbamates (subject to hydrolysis) is 1. The van der Waals surface area contributed by atoms with Crippen LogP contribution >= 0.6 is 22.7 Å². The number of hydrogen-bond donors (Lipinski definition) is 3. The molecule has 13 heteroatoms. The van der Waals surface area contributed by atoms with Crippen LogP contribution in [0.25, 0.3) is 10.2 Å². The molecule has 0 aliphatic carbocycles. The molecule has 208 valence electrons. The zero-order valence-corrected chi connectivity index (χ0v) is 24.0. The van der Waals surface area contributed by atoms with E-state index in [0.29, 0.717) is 15.3 Å². The second-order valence-corrected chi connectivity index (χ2v) is 13.4. The van der Waals surface area contributed by atoms with Crippen molar-refractivity contribution in [1.82, 2.24) is 19.6 Å². The maximum atomic E-state index is 13.7. The zero-order valence-electron chi connectivity index (χ0n) is 21.6. The van der Waals surface area contributed by atoms with Crippen molar-refractivity contribution in [3.05, 3.63) is 70.7 Å². The first-order chi connectivity index (χ1) is 18.6. The molecule has 0 saturated carbocycles. The van der Waals surface area contributed by atoms with Gasteiger partial charge in [-0.3, -0.25) is 4.98 Å². The average molecular weight is 590 g/mol. The van der Waals surface area contributed by atoms with Gasteiger partial charge in [0.05, 0.1) is 37.6 Å². The van der Waals surface area contributed by atoms with Crippen molar-refractivity contribution in [2.45, 2.75) is 43.9 Å². The minimum absolute atomic E-state index is 0.0142. The van der Waals surface area contributed by atoms with E-state index in [1.807, 2.05) is 44.2 Å². The van der Waals surface area contributed by atoms with Gasteiger partial charge < -0.3 is 20.9 Å². The van der Waals surface area contributed by atoms with Crippen LogP contribution in [0, 0.1) is 5.92 Å². The summed E-state index contributed by atoms with van der Waals surface area (Å²) in [6, 6.07) is 13.2. The Balaban J connectivity index is 1.55. The fourth-order valence-corrected chi connectivity index (χ4v) is 7.04. The third-order valence-corrected chi connectivity index (χ3v) is 9.30. The molecule has 4 N–H and O–H groups in total.